The number of phenolic OH excluding ortho intramolecular Hbond substituents is 1. The standard InChI is InChI=1S/C20H21NO4/c1-2-3-12-21-16-10-6-5-9-15(16)20(25,19(21)24)13-18(23)14-8-4-7-11-17(14)22/h4-11,22,25H,2-3,12-13H2,1H3/t20-/m0/s1. The molecule has 0 radical (unpaired) electrons. The van der Waals surface area contributed by atoms with Crippen molar-refractivity contribution in [3.8, 4) is 5.75 Å². The first kappa shape index (κ1) is 17.2. The summed E-state index contributed by atoms with van der Waals surface area (Å²) in [5.74, 6) is -1.11. The Labute approximate surface area is 146 Å². The van der Waals surface area contributed by atoms with Crippen molar-refractivity contribution in [2.75, 3.05) is 11.4 Å². The van der Waals surface area contributed by atoms with E-state index in [1.54, 1.807) is 35.2 Å². The van der Waals surface area contributed by atoms with E-state index in [0.717, 1.165) is 12.8 Å². The Morgan fingerprint density at radius 3 is 2.52 bits per heavy atom. The van der Waals surface area contributed by atoms with E-state index < -0.39 is 23.7 Å². The molecule has 0 aromatic heterocycles. The van der Waals surface area contributed by atoms with Crippen LogP contribution in [0.15, 0.2) is 48.5 Å². The van der Waals surface area contributed by atoms with Gasteiger partial charge in [-0.1, -0.05) is 43.7 Å². The zero-order valence-electron chi connectivity index (χ0n) is 14.1. The van der Waals surface area contributed by atoms with Crippen LogP contribution in [-0.4, -0.2) is 28.4 Å². The van der Waals surface area contributed by atoms with Gasteiger partial charge in [0, 0.05) is 12.1 Å². The number of fused-ring (bicyclic) bond motifs is 1. The van der Waals surface area contributed by atoms with Crippen LogP contribution in [0.25, 0.3) is 0 Å². The number of carbonyl (C=O) groups is 2. The van der Waals surface area contributed by atoms with Gasteiger partial charge in [-0.3, -0.25) is 9.59 Å². The van der Waals surface area contributed by atoms with Crippen molar-refractivity contribution in [2.24, 2.45) is 0 Å². The second-order valence-electron chi connectivity index (χ2n) is 6.30. The SMILES string of the molecule is CCCCN1C(=O)[C@](O)(CC(=O)c2ccccc2O)c2ccccc21. The van der Waals surface area contributed by atoms with Gasteiger partial charge in [0.15, 0.2) is 11.4 Å². The highest BCUT2D eigenvalue weighted by atomic mass is 16.3. The zero-order valence-corrected chi connectivity index (χ0v) is 14.1. The normalized spacial score (nSPS) is 19.1. The minimum absolute atomic E-state index is 0.105. The molecule has 1 aliphatic rings. The lowest BCUT2D eigenvalue weighted by molar-refractivity contribution is -0.135. The minimum Gasteiger partial charge on any atom is -0.507 e. The molecule has 0 bridgehead atoms. The number of phenols is 1. The highest BCUT2D eigenvalue weighted by molar-refractivity contribution is 6.11. The first-order chi connectivity index (χ1) is 12.0. The Morgan fingerprint density at radius 2 is 1.80 bits per heavy atom. The highest BCUT2D eigenvalue weighted by Crippen LogP contribution is 2.43. The van der Waals surface area contributed by atoms with Crippen LogP contribution < -0.4 is 4.90 Å². The third kappa shape index (κ3) is 2.91. The summed E-state index contributed by atoms with van der Waals surface area (Å²) in [4.78, 5) is 27.1. The summed E-state index contributed by atoms with van der Waals surface area (Å²) in [5, 5.41) is 21.0. The summed E-state index contributed by atoms with van der Waals surface area (Å²) >= 11 is 0. The Bertz CT molecular complexity index is 817. The lowest BCUT2D eigenvalue weighted by Gasteiger charge is -2.22. The van der Waals surface area contributed by atoms with Crippen LogP contribution in [0, 0.1) is 0 Å². The Hall–Kier alpha value is -2.66. The third-order valence-corrected chi connectivity index (χ3v) is 4.60. The molecular formula is C20H21NO4. The maximum atomic E-state index is 12.9. The first-order valence-corrected chi connectivity index (χ1v) is 8.44. The van der Waals surface area contributed by atoms with E-state index in [4.69, 9.17) is 0 Å². The Morgan fingerprint density at radius 1 is 1.12 bits per heavy atom. The van der Waals surface area contributed by atoms with E-state index in [0.29, 0.717) is 17.8 Å². The summed E-state index contributed by atoms with van der Waals surface area (Å²) in [5.41, 5.74) is -0.703. The molecule has 3 rings (SSSR count). The molecule has 1 aliphatic heterocycles. The van der Waals surface area contributed by atoms with Crippen molar-refractivity contribution in [1.82, 2.24) is 0 Å². The first-order valence-electron chi connectivity index (χ1n) is 8.44. The van der Waals surface area contributed by atoms with Crippen molar-refractivity contribution < 1.29 is 19.8 Å². The van der Waals surface area contributed by atoms with Gasteiger partial charge in [0.1, 0.15) is 5.75 Å². The molecule has 1 amide bonds. The number of nitrogens with zero attached hydrogens (tertiary/aromatic N) is 1. The van der Waals surface area contributed by atoms with Crippen molar-refractivity contribution in [3.63, 3.8) is 0 Å². The average molecular weight is 339 g/mol. The fourth-order valence-corrected chi connectivity index (χ4v) is 3.25. The number of amides is 1. The second-order valence-corrected chi connectivity index (χ2v) is 6.30. The number of unbranched alkanes of at least 4 members (excludes halogenated alkanes) is 1. The lowest BCUT2D eigenvalue weighted by atomic mass is 9.88. The highest BCUT2D eigenvalue weighted by Gasteiger charge is 2.50. The van der Waals surface area contributed by atoms with E-state index in [-0.39, 0.29) is 11.3 Å². The largest absolute Gasteiger partial charge is 0.507 e. The maximum Gasteiger partial charge on any atom is 0.264 e. The average Bonchev–Trinajstić information content (AvgIpc) is 2.81. The van der Waals surface area contributed by atoms with Crippen molar-refractivity contribution in [3.05, 3.63) is 59.7 Å². The van der Waals surface area contributed by atoms with Crippen molar-refractivity contribution >= 4 is 17.4 Å². The van der Waals surface area contributed by atoms with Crippen molar-refractivity contribution in [1.29, 1.82) is 0 Å². The monoisotopic (exact) mass is 339 g/mol. The second kappa shape index (κ2) is 6.69. The minimum atomic E-state index is -1.90. The third-order valence-electron chi connectivity index (χ3n) is 4.60. The van der Waals surface area contributed by atoms with Crippen LogP contribution in [0.5, 0.6) is 5.75 Å². The molecule has 1 heterocycles. The molecule has 5 nitrogen and oxygen atoms in total. The van der Waals surface area contributed by atoms with Gasteiger partial charge in [-0.25, -0.2) is 0 Å². The fraction of sp³-hybridized carbons (Fsp3) is 0.300. The van der Waals surface area contributed by atoms with Crippen molar-refractivity contribution in [2.45, 2.75) is 31.8 Å². The van der Waals surface area contributed by atoms with E-state index in [9.17, 15) is 19.8 Å². The molecule has 25 heavy (non-hydrogen) atoms. The lowest BCUT2D eigenvalue weighted by Crippen LogP contribution is -2.42. The molecule has 2 aromatic rings. The topological polar surface area (TPSA) is 77.8 Å². The van der Waals surface area contributed by atoms with Crippen LogP contribution in [0.3, 0.4) is 0 Å². The number of hydrogen-bond donors (Lipinski definition) is 2. The molecule has 2 N–H and O–H groups in total. The predicted octanol–water partition coefficient (Wildman–Crippen LogP) is 3.00. The number of anilines is 1. The number of para-hydroxylation sites is 2. The molecule has 0 unspecified atom stereocenters. The quantitative estimate of drug-likeness (QED) is 0.793. The number of ketones is 1. The molecule has 5 heteroatoms. The number of benzene rings is 2. The Kier molecular flexibility index (Phi) is 4.59. The van der Waals surface area contributed by atoms with Crippen LogP contribution in [0.4, 0.5) is 5.69 Å². The van der Waals surface area contributed by atoms with Gasteiger partial charge in [-0.15, -0.1) is 0 Å². The summed E-state index contributed by atoms with van der Waals surface area (Å²) < 4.78 is 0. The molecule has 2 aromatic carbocycles. The molecule has 0 aliphatic carbocycles. The maximum absolute atomic E-state index is 12.9. The van der Waals surface area contributed by atoms with Crippen LogP contribution in [0.2, 0.25) is 0 Å². The fourth-order valence-electron chi connectivity index (χ4n) is 3.25. The number of carbonyl (C=O) groups excluding carboxylic acids is 2. The van der Waals surface area contributed by atoms with Gasteiger partial charge >= 0.3 is 0 Å². The van der Waals surface area contributed by atoms with Gasteiger partial charge in [0.25, 0.3) is 5.91 Å². The number of aliphatic hydroxyl groups is 1. The summed E-state index contributed by atoms with van der Waals surface area (Å²) in [6, 6.07) is 13.2. The number of aromatic hydroxyl groups is 1. The summed E-state index contributed by atoms with van der Waals surface area (Å²) in [6.45, 7) is 2.53. The molecule has 130 valence electrons. The molecule has 0 saturated carbocycles. The number of hydrogen-bond acceptors (Lipinski definition) is 4. The molecule has 0 fully saturated rings. The van der Waals surface area contributed by atoms with Gasteiger partial charge in [-0.2, -0.15) is 0 Å². The van der Waals surface area contributed by atoms with Gasteiger partial charge in [0.05, 0.1) is 17.7 Å². The molecule has 1 atom stereocenters. The summed E-state index contributed by atoms with van der Waals surface area (Å²) in [7, 11) is 0. The molecule has 0 spiro atoms. The van der Waals surface area contributed by atoms with Crippen LogP contribution >= 0.6 is 0 Å². The Balaban J connectivity index is 1.96. The molecular weight excluding hydrogens is 318 g/mol. The smallest absolute Gasteiger partial charge is 0.264 e. The van der Waals surface area contributed by atoms with Gasteiger partial charge in [0.2, 0.25) is 0 Å². The van der Waals surface area contributed by atoms with Crippen LogP contribution in [0.1, 0.15) is 42.1 Å². The number of rotatable bonds is 6. The zero-order chi connectivity index (χ0) is 18.0. The van der Waals surface area contributed by atoms with Gasteiger partial charge in [-0.05, 0) is 24.6 Å². The van der Waals surface area contributed by atoms with E-state index in [1.165, 1.54) is 12.1 Å². The summed E-state index contributed by atoms with van der Waals surface area (Å²) in [6.07, 6.45) is 1.33. The van der Waals surface area contributed by atoms with Gasteiger partial charge < -0.3 is 15.1 Å². The van der Waals surface area contributed by atoms with E-state index >= 15 is 0 Å². The van der Waals surface area contributed by atoms with Crippen LogP contribution in [-0.2, 0) is 10.4 Å². The predicted molar refractivity (Wildman–Crippen MR) is 94.7 cm³/mol. The van der Waals surface area contributed by atoms with E-state index in [1.807, 2.05) is 13.0 Å². The number of Topliss-reactive ketones (excluding diaryl/α,β-unsaturated/α-hetero) is 1. The van der Waals surface area contributed by atoms with E-state index in [2.05, 4.69) is 0 Å². The molecule has 0 saturated heterocycles.